The molecule has 1 aliphatic rings. The summed E-state index contributed by atoms with van der Waals surface area (Å²) in [7, 11) is 0. The lowest BCUT2D eigenvalue weighted by molar-refractivity contribution is -0.274. The lowest BCUT2D eigenvalue weighted by atomic mass is 9.95. The van der Waals surface area contributed by atoms with E-state index in [0.29, 0.717) is 12.1 Å². The molecule has 1 unspecified atom stereocenters. The van der Waals surface area contributed by atoms with Gasteiger partial charge in [0.05, 0.1) is 11.9 Å². The monoisotopic (exact) mass is 355 g/mol. The average Bonchev–Trinajstić information content (AvgIpc) is 2.70. The molecule has 1 aliphatic heterocycles. The van der Waals surface area contributed by atoms with Crippen LogP contribution in [0.1, 0.15) is 17.7 Å². The van der Waals surface area contributed by atoms with Gasteiger partial charge in [-0.15, -0.1) is 13.2 Å². The van der Waals surface area contributed by atoms with Crippen molar-refractivity contribution in [3.63, 3.8) is 0 Å². The van der Waals surface area contributed by atoms with E-state index >= 15 is 0 Å². The summed E-state index contributed by atoms with van der Waals surface area (Å²) < 4.78 is 40.3. The van der Waals surface area contributed by atoms with Gasteiger partial charge in [-0.1, -0.05) is 12.1 Å². The highest BCUT2D eigenvalue weighted by atomic mass is 35.5. The SMILES string of the molecule is FC(F)(F)Oc1ccc(CC2C=Nc3cnc(Cl)nc3CC2)cc1. The molecule has 126 valence electrons. The van der Waals surface area contributed by atoms with E-state index in [4.69, 9.17) is 11.6 Å². The van der Waals surface area contributed by atoms with E-state index in [1.165, 1.54) is 12.1 Å². The second kappa shape index (κ2) is 6.76. The minimum Gasteiger partial charge on any atom is -0.406 e. The molecule has 0 N–H and O–H groups in total. The minimum atomic E-state index is -4.68. The summed E-state index contributed by atoms with van der Waals surface area (Å²) in [5, 5.41) is 0.197. The van der Waals surface area contributed by atoms with Crippen molar-refractivity contribution in [2.24, 2.45) is 10.9 Å². The zero-order valence-electron chi connectivity index (χ0n) is 12.4. The number of aliphatic imine (C=N–C) groups is 1. The summed E-state index contributed by atoms with van der Waals surface area (Å²) in [5.41, 5.74) is 2.43. The topological polar surface area (TPSA) is 47.4 Å². The van der Waals surface area contributed by atoms with Gasteiger partial charge in [0.15, 0.2) is 0 Å². The summed E-state index contributed by atoms with van der Waals surface area (Å²) in [4.78, 5) is 12.5. The Morgan fingerprint density at radius 2 is 1.96 bits per heavy atom. The van der Waals surface area contributed by atoms with E-state index in [-0.39, 0.29) is 17.0 Å². The first-order valence-corrected chi connectivity index (χ1v) is 7.67. The zero-order valence-corrected chi connectivity index (χ0v) is 13.2. The fourth-order valence-electron chi connectivity index (χ4n) is 2.55. The van der Waals surface area contributed by atoms with Gasteiger partial charge in [-0.25, -0.2) is 9.97 Å². The third kappa shape index (κ3) is 4.44. The van der Waals surface area contributed by atoms with Gasteiger partial charge in [0.2, 0.25) is 5.28 Å². The molecule has 0 spiro atoms. The first kappa shape index (κ1) is 16.7. The highest BCUT2D eigenvalue weighted by Crippen LogP contribution is 2.27. The summed E-state index contributed by atoms with van der Waals surface area (Å²) in [5.74, 6) is -0.0644. The Kier molecular flexibility index (Phi) is 4.71. The molecule has 0 fully saturated rings. The second-order valence-corrected chi connectivity index (χ2v) is 5.78. The summed E-state index contributed by atoms with van der Waals surface area (Å²) in [6, 6.07) is 5.89. The van der Waals surface area contributed by atoms with E-state index in [1.54, 1.807) is 18.3 Å². The third-order valence-electron chi connectivity index (χ3n) is 3.65. The lowest BCUT2D eigenvalue weighted by Crippen LogP contribution is -2.17. The third-order valence-corrected chi connectivity index (χ3v) is 3.83. The van der Waals surface area contributed by atoms with Crippen molar-refractivity contribution in [3.8, 4) is 5.75 Å². The first-order chi connectivity index (χ1) is 11.4. The van der Waals surface area contributed by atoms with Crippen molar-refractivity contribution in [1.82, 2.24) is 9.97 Å². The van der Waals surface area contributed by atoms with Crippen LogP contribution >= 0.6 is 11.6 Å². The van der Waals surface area contributed by atoms with Crippen LogP contribution in [0.5, 0.6) is 5.75 Å². The molecule has 0 amide bonds. The van der Waals surface area contributed by atoms with Crippen molar-refractivity contribution < 1.29 is 17.9 Å². The molecule has 0 bridgehead atoms. The molecule has 1 atom stereocenters. The number of hydrogen-bond donors (Lipinski definition) is 0. The van der Waals surface area contributed by atoms with Gasteiger partial charge in [0, 0.05) is 6.21 Å². The molecule has 0 saturated heterocycles. The van der Waals surface area contributed by atoms with E-state index in [1.807, 2.05) is 6.21 Å². The molecule has 0 aliphatic carbocycles. The molecule has 0 saturated carbocycles. The standard InChI is InChI=1S/C16H13ClF3N3O/c17-15-22-9-14-13(23-15)6-3-11(8-21-14)7-10-1-4-12(5-2-10)24-16(18,19)20/h1-2,4-5,8-9,11H,3,6-7H2. The summed E-state index contributed by atoms with van der Waals surface area (Å²) in [6.45, 7) is 0. The van der Waals surface area contributed by atoms with Gasteiger partial charge in [-0.3, -0.25) is 4.99 Å². The van der Waals surface area contributed by atoms with Crippen molar-refractivity contribution >= 4 is 23.5 Å². The number of benzene rings is 1. The Labute approximate surface area is 141 Å². The predicted octanol–water partition coefficient (Wildman–Crippen LogP) is 4.54. The molecular weight excluding hydrogens is 343 g/mol. The molecule has 2 aromatic rings. The minimum absolute atomic E-state index is 0.160. The Hall–Kier alpha value is -2.15. The van der Waals surface area contributed by atoms with E-state index in [0.717, 1.165) is 24.1 Å². The van der Waals surface area contributed by atoms with E-state index < -0.39 is 6.36 Å². The predicted molar refractivity (Wildman–Crippen MR) is 83.8 cm³/mol. The fraction of sp³-hybridized carbons (Fsp3) is 0.312. The van der Waals surface area contributed by atoms with Crippen LogP contribution in [0.2, 0.25) is 5.28 Å². The molecule has 4 nitrogen and oxygen atoms in total. The highest BCUT2D eigenvalue weighted by Gasteiger charge is 2.31. The maximum absolute atomic E-state index is 12.2. The molecule has 1 aromatic carbocycles. The summed E-state index contributed by atoms with van der Waals surface area (Å²) in [6.07, 6.45) is 0.965. The fourth-order valence-corrected chi connectivity index (χ4v) is 2.70. The molecule has 2 heterocycles. The Morgan fingerprint density at radius 3 is 2.67 bits per heavy atom. The van der Waals surface area contributed by atoms with Crippen LogP contribution < -0.4 is 4.74 Å². The average molecular weight is 356 g/mol. The van der Waals surface area contributed by atoms with Crippen LogP contribution in [0.3, 0.4) is 0 Å². The number of aromatic nitrogens is 2. The molecule has 24 heavy (non-hydrogen) atoms. The number of rotatable bonds is 3. The number of ether oxygens (including phenoxy) is 1. The van der Waals surface area contributed by atoms with Gasteiger partial charge in [0.1, 0.15) is 11.4 Å². The summed E-state index contributed by atoms with van der Waals surface area (Å²) >= 11 is 5.79. The molecule has 0 radical (unpaired) electrons. The normalized spacial score (nSPS) is 17.2. The zero-order chi connectivity index (χ0) is 17.2. The number of hydrogen-bond acceptors (Lipinski definition) is 4. The van der Waals surface area contributed by atoms with Gasteiger partial charge in [-0.2, -0.15) is 0 Å². The number of nitrogens with zero attached hydrogens (tertiary/aromatic N) is 3. The molecule has 1 aromatic heterocycles. The van der Waals surface area contributed by atoms with Crippen LogP contribution in [-0.2, 0) is 12.8 Å². The van der Waals surface area contributed by atoms with Crippen molar-refractivity contribution in [2.45, 2.75) is 25.6 Å². The maximum atomic E-state index is 12.2. The van der Waals surface area contributed by atoms with Crippen LogP contribution in [0.4, 0.5) is 18.9 Å². The van der Waals surface area contributed by atoms with Crippen molar-refractivity contribution in [2.75, 3.05) is 0 Å². The molecular formula is C16H13ClF3N3O. The number of alkyl halides is 3. The van der Waals surface area contributed by atoms with Gasteiger partial charge in [0.25, 0.3) is 0 Å². The van der Waals surface area contributed by atoms with Crippen molar-refractivity contribution in [1.29, 1.82) is 0 Å². The van der Waals surface area contributed by atoms with E-state index in [2.05, 4.69) is 19.7 Å². The largest absolute Gasteiger partial charge is 0.573 e. The van der Waals surface area contributed by atoms with Crippen LogP contribution in [0, 0.1) is 5.92 Å². The Morgan fingerprint density at radius 1 is 1.21 bits per heavy atom. The smallest absolute Gasteiger partial charge is 0.406 e. The van der Waals surface area contributed by atoms with Crippen LogP contribution in [-0.4, -0.2) is 22.5 Å². The van der Waals surface area contributed by atoms with E-state index in [9.17, 15) is 13.2 Å². The van der Waals surface area contributed by atoms with Crippen molar-refractivity contribution in [3.05, 3.63) is 47.0 Å². The number of fused-ring (bicyclic) bond motifs is 1. The van der Waals surface area contributed by atoms with Crippen LogP contribution in [0.15, 0.2) is 35.5 Å². The van der Waals surface area contributed by atoms with Gasteiger partial charge >= 0.3 is 6.36 Å². The van der Waals surface area contributed by atoms with Gasteiger partial charge < -0.3 is 4.74 Å². The lowest BCUT2D eigenvalue weighted by Gasteiger charge is -2.12. The quantitative estimate of drug-likeness (QED) is 0.760. The van der Waals surface area contributed by atoms with Gasteiger partial charge in [-0.05, 0) is 54.5 Å². The number of aryl methyl sites for hydroxylation is 1. The maximum Gasteiger partial charge on any atom is 0.573 e. The second-order valence-electron chi connectivity index (χ2n) is 5.44. The van der Waals surface area contributed by atoms with Crippen LogP contribution in [0.25, 0.3) is 0 Å². The first-order valence-electron chi connectivity index (χ1n) is 7.29. The molecule has 8 heteroatoms. The molecule has 3 rings (SSSR count). The highest BCUT2D eigenvalue weighted by molar-refractivity contribution is 6.28. The number of halogens is 4. The Bertz CT molecular complexity index is 747. The Balaban J connectivity index is 1.65.